The van der Waals surface area contributed by atoms with Gasteiger partial charge in [-0.05, 0) is 35.9 Å². The van der Waals surface area contributed by atoms with E-state index in [9.17, 15) is 0 Å². The molecule has 1 aromatic rings. The highest BCUT2D eigenvalue weighted by molar-refractivity contribution is 7.98. The summed E-state index contributed by atoms with van der Waals surface area (Å²) in [7, 11) is 0. The van der Waals surface area contributed by atoms with E-state index in [1.54, 1.807) is 23.5 Å². The maximum Gasteiger partial charge on any atom is 0.0651 e. The van der Waals surface area contributed by atoms with Crippen LogP contribution in [0, 0.1) is 0 Å². The fraction of sp³-hybridized carbons (Fsp3) is 0.571. The second-order valence-electron chi connectivity index (χ2n) is 4.47. The lowest BCUT2D eigenvalue weighted by molar-refractivity contribution is 1.12. The zero-order valence-electron chi connectivity index (χ0n) is 11.9. The predicted molar refractivity (Wildman–Crippen MR) is 116 cm³/mol. The van der Waals surface area contributed by atoms with E-state index in [0.29, 0.717) is 31.6 Å². The van der Waals surface area contributed by atoms with Crippen LogP contribution in [0.4, 0.5) is 0 Å². The standard InChI is InChI=1S/C14H18Cl4S4/c15-11-9(7-21-5-1-3-19)12(16)14(18)10(13(11)17)8-22-6-2-4-20/h19-20H,1-8H2. The molecule has 0 radical (unpaired) electrons. The third kappa shape index (κ3) is 6.59. The Morgan fingerprint density at radius 3 is 1.23 bits per heavy atom. The number of thioether (sulfide) groups is 2. The highest BCUT2D eigenvalue weighted by Gasteiger charge is 2.20. The van der Waals surface area contributed by atoms with Crippen LogP contribution in [-0.2, 0) is 11.5 Å². The lowest BCUT2D eigenvalue weighted by Gasteiger charge is -2.15. The van der Waals surface area contributed by atoms with Crippen LogP contribution >= 0.6 is 95.2 Å². The van der Waals surface area contributed by atoms with Crippen molar-refractivity contribution >= 4 is 95.2 Å². The van der Waals surface area contributed by atoms with Gasteiger partial charge in [0.2, 0.25) is 0 Å². The third-order valence-electron chi connectivity index (χ3n) is 2.83. The highest BCUT2D eigenvalue weighted by Crippen LogP contribution is 2.43. The van der Waals surface area contributed by atoms with Crippen molar-refractivity contribution in [3.05, 3.63) is 31.2 Å². The molecule has 0 amide bonds. The number of rotatable bonds is 10. The molecule has 0 saturated carbocycles. The molecule has 0 N–H and O–H groups in total. The summed E-state index contributed by atoms with van der Waals surface area (Å²) >= 11 is 37.5. The summed E-state index contributed by atoms with van der Waals surface area (Å²) in [5.41, 5.74) is 1.65. The molecule has 1 rings (SSSR count). The number of benzene rings is 1. The van der Waals surface area contributed by atoms with Gasteiger partial charge in [0.15, 0.2) is 0 Å². The van der Waals surface area contributed by atoms with Crippen molar-refractivity contribution in [3.63, 3.8) is 0 Å². The minimum Gasteiger partial charge on any atom is -0.179 e. The maximum atomic E-state index is 6.40. The molecule has 0 heterocycles. The molecule has 0 aliphatic heterocycles. The molecule has 1 aromatic carbocycles. The van der Waals surface area contributed by atoms with Gasteiger partial charge in [-0.2, -0.15) is 48.8 Å². The molecule has 0 bridgehead atoms. The highest BCUT2D eigenvalue weighted by atomic mass is 35.5. The van der Waals surface area contributed by atoms with Gasteiger partial charge >= 0.3 is 0 Å². The van der Waals surface area contributed by atoms with Crippen molar-refractivity contribution in [2.24, 2.45) is 0 Å². The Balaban J connectivity index is 2.85. The monoisotopic (exact) mass is 454 g/mol. The quantitative estimate of drug-likeness (QED) is 0.214. The van der Waals surface area contributed by atoms with E-state index < -0.39 is 0 Å². The molecule has 0 atom stereocenters. The molecular weight excluding hydrogens is 438 g/mol. The van der Waals surface area contributed by atoms with E-state index in [-0.39, 0.29) is 0 Å². The van der Waals surface area contributed by atoms with Crippen LogP contribution in [0.15, 0.2) is 0 Å². The zero-order chi connectivity index (χ0) is 16.5. The molecule has 0 aliphatic carbocycles. The van der Waals surface area contributed by atoms with E-state index in [1.807, 2.05) is 0 Å². The summed E-state index contributed by atoms with van der Waals surface area (Å²) < 4.78 is 0. The van der Waals surface area contributed by atoms with Crippen molar-refractivity contribution in [1.29, 1.82) is 0 Å². The van der Waals surface area contributed by atoms with Gasteiger partial charge in [-0.1, -0.05) is 46.4 Å². The van der Waals surface area contributed by atoms with Crippen molar-refractivity contribution in [2.75, 3.05) is 23.0 Å². The second kappa shape index (κ2) is 12.2. The first-order valence-corrected chi connectivity index (χ1v) is 11.8. The van der Waals surface area contributed by atoms with E-state index in [0.717, 1.165) is 47.0 Å². The normalized spacial score (nSPS) is 11.2. The van der Waals surface area contributed by atoms with Crippen LogP contribution < -0.4 is 0 Å². The van der Waals surface area contributed by atoms with Crippen LogP contribution in [0.5, 0.6) is 0 Å². The second-order valence-corrected chi connectivity index (χ2v) is 9.09. The molecule has 0 nitrogen and oxygen atoms in total. The number of thiol groups is 2. The van der Waals surface area contributed by atoms with Gasteiger partial charge in [0.25, 0.3) is 0 Å². The molecular formula is C14H18Cl4S4. The Morgan fingerprint density at radius 1 is 0.636 bits per heavy atom. The van der Waals surface area contributed by atoms with Gasteiger partial charge in [-0.15, -0.1) is 0 Å². The maximum absolute atomic E-state index is 6.40. The minimum absolute atomic E-state index is 0.527. The number of hydrogen-bond acceptors (Lipinski definition) is 4. The zero-order valence-corrected chi connectivity index (χ0v) is 18.3. The number of halogens is 4. The fourth-order valence-corrected chi connectivity index (χ4v) is 5.89. The van der Waals surface area contributed by atoms with Crippen LogP contribution in [0.25, 0.3) is 0 Å². The molecule has 0 spiro atoms. The molecule has 0 aliphatic rings. The van der Waals surface area contributed by atoms with Gasteiger partial charge in [0, 0.05) is 22.6 Å². The first-order chi connectivity index (χ1) is 10.5. The van der Waals surface area contributed by atoms with Gasteiger partial charge in [-0.3, -0.25) is 0 Å². The molecule has 0 fully saturated rings. The topological polar surface area (TPSA) is 0 Å². The summed E-state index contributed by atoms with van der Waals surface area (Å²) in [5.74, 6) is 5.17. The summed E-state index contributed by atoms with van der Waals surface area (Å²) in [6.07, 6.45) is 2.09. The Labute approximate surface area is 172 Å². The van der Waals surface area contributed by atoms with Gasteiger partial charge in [0.1, 0.15) is 0 Å². The van der Waals surface area contributed by atoms with E-state index in [1.165, 1.54) is 0 Å². The van der Waals surface area contributed by atoms with Gasteiger partial charge < -0.3 is 0 Å². The predicted octanol–water partition coefficient (Wildman–Crippen LogP) is 7.41. The average Bonchev–Trinajstić information content (AvgIpc) is 2.51. The minimum atomic E-state index is 0.527. The van der Waals surface area contributed by atoms with Crippen molar-refractivity contribution < 1.29 is 0 Å². The Kier molecular flexibility index (Phi) is 12.1. The van der Waals surface area contributed by atoms with Crippen molar-refractivity contribution in [2.45, 2.75) is 24.3 Å². The third-order valence-corrected chi connectivity index (χ3v) is 7.47. The lowest BCUT2D eigenvalue weighted by Crippen LogP contribution is -1.96. The van der Waals surface area contributed by atoms with Crippen molar-refractivity contribution in [3.8, 4) is 0 Å². The molecule has 22 heavy (non-hydrogen) atoms. The largest absolute Gasteiger partial charge is 0.179 e. The number of hydrogen-bond donors (Lipinski definition) is 2. The summed E-state index contributed by atoms with van der Waals surface area (Å²) in [6.45, 7) is 0. The van der Waals surface area contributed by atoms with Gasteiger partial charge in [-0.25, -0.2) is 0 Å². The van der Waals surface area contributed by atoms with Crippen LogP contribution in [0.1, 0.15) is 24.0 Å². The molecule has 8 heteroatoms. The summed E-state index contributed by atoms with van der Waals surface area (Å²) in [6, 6.07) is 0. The average molecular weight is 456 g/mol. The fourth-order valence-electron chi connectivity index (χ4n) is 1.66. The Morgan fingerprint density at radius 2 is 0.955 bits per heavy atom. The first kappa shape index (κ1) is 21.8. The van der Waals surface area contributed by atoms with Gasteiger partial charge in [0.05, 0.1) is 20.1 Å². The summed E-state index contributed by atoms with van der Waals surface area (Å²) in [5, 5.41) is 2.11. The van der Waals surface area contributed by atoms with E-state index in [2.05, 4.69) is 25.3 Å². The first-order valence-electron chi connectivity index (χ1n) is 6.75. The van der Waals surface area contributed by atoms with Crippen LogP contribution in [-0.4, -0.2) is 23.0 Å². The van der Waals surface area contributed by atoms with Crippen LogP contribution in [0.2, 0.25) is 20.1 Å². The Bertz CT molecular complexity index is 410. The van der Waals surface area contributed by atoms with Crippen molar-refractivity contribution in [1.82, 2.24) is 0 Å². The molecule has 0 saturated heterocycles. The SMILES string of the molecule is SCCCSCc1c(Cl)c(Cl)c(CSCCCS)c(Cl)c1Cl. The van der Waals surface area contributed by atoms with E-state index in [4.69, 9.17) is 46.4 Å². The summed E-state index contributed by atoms with van der Waals surface area (Å²) in [4.78, 5) is 0. The Hall–Kier alpha value is 1.78. The van der Waals surface area contributed by atoms with Crippen LogP contribution in [0.3, 0.4) is 0 Å². The molecule has 0 unspecified atom stereocenters. The molecule has 0 aromatic heterocycles. The molecule has 126 valence electrons. The van der Waals surface area contributed by atoms with E-state index >= 15 is 0 Å². The lowest BCUT2D eigenvalue weighted by atomic mass is 10.1. The smallest absolute Gasteiger partial charge is 0.0651 e.